The van der Waals surface area contributed by atoms with Crippen molar-refractivity contribution in [3.63, 3.8) is 0 Å². The Hall–Kier alpha value is -3.34. The number of hydrogen-bond donors (Lipinski definition) is 1. The molecule has 1 heterocycles. The number of benzene rings is 1. The summed E-state index contributed by atoms with van der Waals surface area (Å²) in [5.74, 6) is 0.574. The number of rotatable bonds is 5. The van der Waals surface area contributed by atoms with E-state index in [0.717, 1.165) is 25.7 Å². The fourth-order valence-corrected chi connectivity index (χ4v) is 3.84. The van der Waals surface area contributed by atoms with E-state index in [9.17, 15) is 14.7 Å². The predicted octanol–water partition coefficient (Wildman–Crippen LogP) is 4.37. The molecule has 0 unspecified atom stereocenters. The first-order valence-electron chi connectivity index (χ1n) is 10.1. The van der Waals surface area contributed by atoms with E-state index in [1.54, 1.807) is 24.3 Å². The lowest BCUT2D eigenvalue weighted by atomic mass is 9.82. The molecule has 0 spiro atoms. The second kappa shape index (κ2) is 8.99. The van der Waals surface area contributed by atoms with Gasteiger partial charge in [0.1, 0.15) is 0 Å². The third kappa shape index (κ3) is 4.62. The summed E-state index contributed by atoms with van der Waals surface area (Å²) in [6.07, 6.45) is 3.55. The van der Waals surface area contributed by atoms with Gasteiger partial charge in [-0.25, -0.2) is 9.48 Å². The van der Waals surface area contributed by atoms with E-state index in [0.29, 0.717) is 17.2 Å². The van der Waals surface area contributed by atoms with Gasteiger partial charge in [0.05, 0.1) is 23.5 Å². The van der Waals surface area contributed by atoms with Gasteiger partial charge < -0.3 is 9.84 Å². The minimum atomic E-state index is -1.48. The number of ether oxygens (including phenoxy) is 1. The third-order valence-corrected chi connectivity index (χ3v) is 5.45. The van der Waals surface area contributed by atoms with Gasteiger partial charge in [0.2, 0.25) is 11.7 Å². The van der Waals surface area contributed by atoms with Crippen molar-refractivity contribution in [2.45, 2.75) is 52.5 Å². The summed E-state index contributed by atoms with van der Waals surface area (Å²) < 4.78 is 6.39. The predicted molar refractivity (Wildman–Crippen MR) is 111 cm³/mol. The Morgan fingerprint density at radius 2 is 2.00 bits per heavy atom. The van der Waals surface area contributed by atoms with Gasteiger partial charge in [-0.15, -0.1) is 5.10 Å². The van der Waals surface area contributed by atoms with Crippen LogP contribution in [-0.2, 0) is 4.79 Å². The Morgan fingerprint density at radius 1 is 1.30 bits per heavy atom. The van der Waals surface area contributed by atoms with Crippen molar-refractivity contribution in [2.24, 2.45) is 11.8 Å². The van der Waals surface area contributed by atoms with E-state index < -0.39 is 6.16 Å². The maximum absolute atomic E-state index is 13.4. The normalized spacial score (nSPS) is 18.6. The van der Waals surface area contributed by atoms with Gasteiger partial charge in [0, 0.05) is 12.0 Å². The molecule has 1 N–H and O–H groups in total. The van der Waals surface area contributed by atoms with Gasteiger partial charge in [0.15, 0.2) is 5.75 Å². The number of carbonyl (C=O) groups excluding carboxylic acids is 1. The van der Waals surface area contributed by atoms with Crippen LogP contribution in [0, 0.1) is 23.2 Å². The van der Waals surface area contributed by atoms with Crippen LogP contribution in [0.2, 0.25) is 0 Å². The highest BCUT2D eigenvalue weighted by molar-refractivity contribution is 5.96. The Labute approximate surface area is 175 Å². The van der Waals surface area contributed by atoms with Gasteiger partial charge in [-0.2, -0.15) is 5.26 Å². The number of anilines is 1. The van der Waals surface area contributed by atoms with E-state index in [-0.39, 0.29) is 29.4 Å². The molecule has 8 nitrogen and oxygen atoms in total. The average molecular weight is 410 g/mol. The molecule has 1 aromatic carbocycles. The lowest BCUT2D eigenvalue weighted by Crippen LogP contribution is -2.42. The van der Waals surface area contributed by atoms with E-state index in [1.807, 2.05) is 13.8 Å². The van der Waals surface area contributed by atoms with Crippen LogP contribution in [0.25, 0.3) is 5.69 Å². The molecule has 1 aliphatic carbocycles. The van der Waals surface area contributed by atoms with E-state index in [2.05, 4.69) is 18.1 Å². The maximum atomic E-state index is 13.4. The molecule has 3 rings (SSSR count). The highest BCUT2D eigenvalue weighted by Gasteiger charge is 2.34. The van der Waals surface area contributed by atoms with Crippen LogP contribution in [0.4, 0.5) is 10.6 Å². The van der Waals surface area contributed by atoms with Crippen molar-refractivity contribution < 1.29 is 19.4 Å². The summed E-state index contributed by atoms with van der Waals surface area (Å²) in [6.45, 7) is 5.92. The third-order valence-electron chi connectivity index (χ3n) is 5.45. The molecule has 1 fully saturated rings. The lowest BCUT2D eigenvalue weighted by molar-refractivity contribution is -0.124. The first-order chi connectivity index (χ1) is 14.3. The minimum absolute atomic E-state index is 0.0175. The molecule has 1 aliphatic rings. The molecule has 0 bridgehead atoms. The van der Waals surface area contributed by atoms with Gasteiger partial charge >= 0.3 is 6.16 Å². The van der Waals surface area contributed by atoms with Crippen molar-refractivity contribution in [1.29, 1.82) is 5.26 Å². The standard InChI is InChI=1S/C22H26N4O4/c1-14(2)26(21(27)17-9-7-15(3)8-10-17)20-19(30-22(28)29)13-25(24-20)18-6-4-5-16(11-18)12-23/h4-6,11,13-15,17H,7-10H2,1-3H3,(H,28,29)/t15-,17-. The lowest BCUT2D eigenvalue weighted by Gasteiger charge is -2.32. The molecular formula is C22H26N4O4. The monoisotopic (exact) mass is 410 g/mol. The van der Waals surface area contributed by atoms with Crippen molar-refractivity contribution in [3.05, 3.63) is 36.0 Å². The Kier molecular flexibility index (Phi) is 6.40. The van der Waals surface area contributed by atoms with Gasteiger partial charge in [0.25, 0.3) is 0 Å². The summed E-state index contributed by atoms with van der Waals surface area (Å²) in [6, 6.07) is 8.58. The Bertz CT molecular complexity index is 968. The van der Waals surface area contributed by atoms with Crippen LogP contribution >= 0.6 is 0 Å². The van der Waals surface area contributed by atoms with Gasteiger partial charge in [-0.3, -0.25) is 9.69 Å². The van der Waals surface area contributed by atoms with E-state index >= 15 is 0 Å². The number of hydrogen-bond acceptors (Lipinski definition) is 5. The van der Waals surface area contributed by atoms with Crippen LogP contribution in [0.5, 0.6) is 5.75 Å². The molecule has 1 amide bonds. The summed E-state index contributed by atoms with van der Waals surface area (Å²) in [5, 5.41) is 22.8. The summed E-state index contributed by atoms with van der Waals surface area (Å²) >= 11 is 0. The highest BCUT2D eigenvalue weighted by atomic mass is 16.7. The first-order valence-corrected chi connectivity index (χ1v) is 10.1. The number of nitriles is 1. The molecule has 8 heteroatoms. The fourth-order valence-electron chi connectivity index (χ4n) is 3.84. The van der Waals surface area contributed by atoms with Crippen molar-refractivity contribution in [2.75, 3.05) is 4.90 Å². The summed E-state index contributed by atoms with van der Waals surface area (Å²) in [7, 11) is 0. The first kappa shape index (κ1) is 21.4. The molecule has 30 heavy (non-hydrogen) atoms. The summed E-state index contributed by atoms with van der Waals surface area (Å²) in [5.41, 5.74) is 1.01. The molecule has 158 valence electrons. The molecule has 0 saturated heterocycles. The van der Waals surface area contributed by atoms with Crippen LogP contribution in [0.3, 0.4) is 0 Å². The van der Waals surface area contributed by atoms with Gasteiger partial charge in [-0.05, 0) is 63.6 Å². The largest absolute Gasteiger partial charge is 0.511 e. The number of aromatic nitrogens is 2. The topological polar surface area (TPSA) is 108 Å². The van der Waals surface area contributed by atoms with Crippen molar-refractivity contribution >= 4 is 17.9 Å². The number of nitrogens with zero attached hydrogens (tertiary/aromatic N) is 4. The zero-order chi connectivity index (χ0) is 21.8. The molecule has 0 radical (unpaired) electrons. The van der Waals surface area contributed by atoms with E-state index in [1.165, 1.54) is 15.8 Å². The van der Waals surface area contributed by atoms with E-state index in [4.69, 9.17) is 10.00 Å². The average Bonchev–Trinajstić information content (AvgIpc) is 3.11. The van der Waals surface area contributed by atoms with Crippen LogP contribution in [-0.4, -0.2) is 33.0 Å². The second-order valence-corrected chi connectivity index (χ2v) is 8.05. The zero-order valence-corrected chi connectivity index (χ0v) is 17.4. The highest BCUT2D eigenvalue weighted by Crippen LogP contribution is 2.35. The zero-order valence-electron chi connectivity index (χ0n) is 17.4. The maximum Gasteiger partial charge on any atom is 0.511 e. The Morgan fingerprint density at radius 3 is 2.60 bits per heavy atom. The second-order valence-electron chi connectivity index (χ2n) is 8.05. The SMILES string of the molecule is CC(C)N(c1nn(-c2cccc(C#N)c2)cc1OC(=O)O)C(=O)[C@H]1CC[C@H](C)CC1. The molecule has 1 saturated carbocycles. The number of carbonyl (C=O) groups is 2. The molecular weight excluding hydrogens is 384 g/mol. The quantitative estimate of drug-likeness (QED) is 0.733. The number of carboxylic acid groups (broad SMARTS) is 1. The van der Waals surface area contributed by atoms with Crippen molar-refractivity contribution in [1.82, 2.24) is 9.78 Å². The molecule has 1 aromatic heterocycles. The van der Waals surface area contributed by atoms with Crippen LogP contribution < -0.4 is 9.64 Å². The summed E-state index contributed by atoms with van der Waals surface area (Å²) in [4.78, 5) is 26.2. The number of amides is 1. The fraction of sp³-hybridized carbons (Fsp3) is 0.455. The molecule has 0 atom stereocenters. The van der Waals surface area contributed by atoms with Gasteiger partial charge in [-0.1, -0.05) is 13.0 Å². The van der Waals surface area contributed by atoms with Crippen molar-refractivity contribution in [3.8, 4) is 17.5 Å². The molecule has 2 aromatic rings. The smallest absolute Gasteiger partial charge is 0.449 e. The van der Waals surface area contributed by atoms with Crippen LogP contribution in [0.15, 0.2) is 30.5 Å². The molecule has 0 aliphatic heterocycles. The minimum Gasteiger partial charge on any atom is -0.449 e. The van der Waals surface area contributed by atoms with Crippen LogP contribution in [0.1, 0.15) is 52.0 Å². The Balaban J connectivity index is 2.01.